The fourth-order valence-corrected chi connectivity index (χ4v) is 2.36. The lowest BCUT2D eigenvalue weighted by molar-refractivity contribution is 0.370. The van der Waals surface area contributed by atoms with Crippen LogP contribution in [0.5, 0.6) is 28.7 Å². The first-order valence-electron chi connectivity index (χ1n) is 6.73. The van der Waals surface area contributed by atoms with Crippen molar-refractivity contribution in [2.75, 3.05) is 28.4 Å². The van der Waals surface area contributed by atoms with Gasteiger partial charge in [0.25, 0.3) is 0 Å². The van der Waals surface area contributed by atoms with Crippen molar-refractivity contribution in [1.82, 2.24) is 0 Å². The van der Waals surface area contributed by atoms with Gasteiger partial charge in [-0.05, 0) is 24.6 Å². The molecule has 0 aromatic heterocycles. The molecule has 118 valence electrons. The van der Waals surface area contributed by atoms with E-state index in [-0.39, 0.29) is 5.75 Å². The first-order chi connectivity index (χ1) is 10.5. The van der Waals surface area contributed by atoms with Crippen molar-refractivity contribution in [2.24, 2.45) is 0 Å². The summed E-state index contributed by atoms with van der Waals surface area (Å²) in [5.41, 5.74) is 2.17. The normalized spacial score (nSPS) is 10.2. The zero-order chi connectivity index (χ0) is 16.3. The van der Waals surface area contributed by atoms with Gasteiger partial charge in [0.2, 0.25) is 0 Å². The second-order valence-electron chi connectivity index (χ2n) is 4.77. The lowest BCUT2D eigenvalue weighted by Gasteiger charge is -2.17. The van der Waals surface area contributed by atoms with Crippen molar-refractivity contribution in [2.45, 2.75) is 6.92 Å². The molecule has 0 radical (unpaired) electrons. The Labute approximate surface area is 130 Å². The maximum absolute atomic E-state index is 10.5. The number of phenols is 1. The molecule has 0 fully saturated rings. The minimum Gasteiger partial charge on any atom is -0.504 e. The Kier molecular flexibility index (Phi) is 4.65. The largest absolute Gasteiger partial charge is 0.504 e. The summed E-state index contributed by atoms with van der Waals surface area (Å²) in [7, 11) is 6.20. The molecule has 0 amide bonds. The van der Waals surface area contributed by atoms with Gasteiger partial charge < -0.3 is 24.1 Å². The van der Waals surface area contributed by atoms with Crippen molar-refractivity contribution in [1.29, 1.82) is 0 Å². The van der Waals surface area contributed by atoms with Crippen LogP contribution in [0, 0.1) is 6.92 Å². The number of aryl methyl sites for hydroxylation is 1. The number of hydrogen-bond donors (Lipinski definition) is 1. The van der Waals surface area contributed by atoms with Crippen molar-refractivity contribution in [3.05, 3.63) is 29.8 Å². The van der Waals surface area contributed by atoms with E-state index in [2.05, 4.69) is 0 Å². The summed E-state index contributed by atoms with van der Waals surface area (Å²) in [6.07, 6.45) is 0. The molecule has 5 heteroatoms. The smallest absolute Gasteiger partial charge is 0.165 e. The predicted molar refractivity (Wildman–Crippen MR) is 84.5 cm³/mol. The summed E-state index contributed by atoms with van der Waals surface area (Å²) in [6, 6.07) is 7.10. The van der Waals surface area contributed by atoms with Crippen LogP contribution in [-0.2, 0) is 0 Å². The molecule has 0 aliphatic rings. The van der Waals surface area contributed by atoms with Crippen LogP contribution in [0.15, 0.2) is 24.3 Å². The number of phenolic OH excluding ortho intramolecular Hbond substituents is 1. The lowest BCUT2D eigenvalue weighted by Crippen LogP contribution is -1.97. The van der Waals surface area contributed by atoms with Gasteiger partial charge in [-0.15, -0.1) is 0 Å². The average molecular weight is 304 g/mol. The summed E-state index contributed by atoms with van der Waals surface area (Å²) < 4.78 is 21.3. The standard InChI is InChI=1S/C17H20O5/c1-10-6-12(17(18)15(7-10)22-5)16-13(20-3)8-11(19-2)9-14(16)21-4/h6-9,18H,1-5H3. The molecule has 0 aliphatic heterocycles. The van der Waals surface area contributed by atoms with Gasteiger partial charge in [0, 0.05) is 17.7 Å². The third-order valence-corrected chi connectivity index (χ3v) is 3.42. The second kappa shape index (κ2) is 6.47. The molecule has 0 unspecified atom stereocenters. The lowest BCUT2D eigenvalue weighted by atomic mass is 9.99. The van der Waals surface area contributed by atoms with Gasteiger partial charge in [0.15, 0.2) is 11.5 Å². The van der Waals surface area contributed by atoms with Crippen LogP contribution in [-0.4, -0.2) is 33.5 Å². The molecular weight excluding hydrogens is 284 g/mol. The third-order valence-electron chi connectivity index (χ3n) is 3.42. The molecule has 22 heavy (non-hydrogen) atoms. The highest BCUT2D eigenvalue weighted by Crippen LogP contribution is 2.47. The molecule has 0 saturated heterocycles. The maximum Gasteiger partial charge on any atom is 0.165 e. The molecule has 2 aromatic rings. The highest BCUT2D eigenvalue weighted by Gasteiger charge is 2.20. The van der Waals surface area contributed by atoms with Gasteiger partial charge in [0.05, 0.1) is 34.0 Å². The molecule has 0 heterocycles. The van der Waals surface area contributed by atoms with Gasteiger partial charge >= 0.3 is 0 Å². The summed E-state index contributed by atoms with van der Waals surface area (Å²) in [6.45, 7) is 1.92. The molecule has 1 N–H and O–H groups in total. The number of hydrogen-bond acceptors (Lipinski definition) is 5. The molecule has 0 saturated carbocycles. The van der Waals surface area contributed by atoms with Crippen LogP contribution < -0.4 is 18.9 Å². The number of rotatable bonds is 5. The van der Waals surface area contributed by atoms with E-state index in [9.17, 15) is 5.11 Å². The van der Waals surface area contributed by atoms with Crippen LogP contribution in [0.1, 0.15) is 5.56 Å². The first kappa shape index (κ1) is 15.8. The minimum absolute atomic E-state index is 0.0369. The molecular formula is C17H20O5. The van der Waals surface area contributed by atoms with E-state index in [1.807, 2.05) is 13.0 Å². The van der Waals surface area contributed by atoms with E-state index >= 15 is 0 Å². The van der Waals surface area contributed by atoms with Crippen molar-refractivity contribution in [3.63, 3.8) is 0 Å². The summed E-state index contributed by atoms with van der Waals surface area (Å²) in [5.74, 6) is 2.12. The summed E-state index contributed by atoms with van der Waals surface area (Å²) in [5, 5.41) is 10.5. The van der Waals surface area contributed by atoms with Crippen LogP contribution in [0.2, 0.25) is 0 Å². The molecule has 0 atom stereocenters. The van der Waals surface area contributed by atoms with E-state index in [4.69, 9.17) is 18.9 Å². The van der Waals surface area contributed by atoms with Gasteiger partial charge in [-0.3, -0.25) is 0 Å². The number of aromatic hydroxyl groups is 1. The Bertz CT molecular complexity index is 654. The first-order valence-corrected chi connectivity index (χ1v) is 6.73. The van der Waals surface area contributed by atoms with Gasteiger partial charge in [-0.2, -0.15) is 0 Å². The highest BCUT2D eigenvalue weighted by molar-refractivity contribution is 5.84. The SMILES string of the molecule is COc1cc(OC)c(-c2cc(C)cc(OC)c2O)c(OC)c1. The third kappa shape index (κ3) is 2.74. The van der Waals surface area contributed by atoms with Crippen molar-refractivity contribution < 1.29 is 24.1 Å². The quantitative estimate of drug-likeness (QED) is 0.917. The Morgan fingerprint density at radius 3 is 1.73 bits per heavy atom. The Morgan fingerprint density at radius 1 is 0.727 bits per heavy atom. The van der Waals surface area contributed by atoms with Crippen molar-refractivity contribution in [3.8, 4) is 39.9 Å². The van der Waals surface area contributed by atoms with Crippen molar-refractivity contribution >= 4 is 0 Å². The molecule has 2 rings (SSSR count). The van der Waals surface area contributed by atoms with Gasteiger partial charge in [-0.25, -0.2) is 0 Å². The maximum atomic E-state index is 10.5. The zero-order valence-corrected chi connectivity index (χ0v) is 13.4. The molecule has 2 aromatic carbocycles. The number of benzene rings is 2. The van der Waals surface area contributed by atoms with Gasteiger partial charge in [-0.1, -0.05) is 0 Å². The topological polar surface area (TPSA) is 57.2 Å². The molecule has 0 spiro atoms. The van der Waals surface area contributed by atoms with Gasteiger partial charge in [0.1, 0.15) is 17.2 Å². The number of ether oxygens (including phenoxy) is 4. The molecule has 0 aliphatic carbocycles. The molecule has 0 bridgehead atoms. The summed E-state index contributed by atoms with van der Waals surface area (Å²) in [4.78, 5) is 0. The average Bonchev–Trinajstić information content (AvgIpc) is 2.55. The predicted octanol–water partition coefficient (Wildman–Crippen LogP) is 3.40. The van der Waals surface area contributed by atoms with E-state index in [0.717, 1.165) is 5.56 Å². The van der Waals surface area contributed by atoms with E-state index in [1.165, 1.54) is 7.11 Å². The fraction of sp³-hybridized carbons (Fsp3) is 0.294. The fourth-order valence-electron chi connectivity index (χ4n) is 2.36. The van der Waals surface area contributed by atoms with Crippen LogP contribution in [0.4, 0.5) is 0 Å². The Hall–Kier alpha value is -2.56. The highest BCUT2D eigenvalue weighted by atomic mass is 16.5. The number of methoxy groups -OCH3 is 4. The minimum atomic E-state index is 0.0369. The molecule has 5 nitrogen and oxygen atoms in total. The van der Waals surface area contributed by atoms with Crippen LogP contribution in [0.25, 0.3) is 11.1 Å². The van der Waals surface area contributed by atoms with Crippen LogP contribution >= 0.6 is 0 Å². The van der Waals surface area contributed by atoms with E-state index < -0.39 is 0 Å². The van der Waals surface area contributed by atoms with E-state index in [0.29, 0.717) is 34.1 Å². The monoisotopic (exact) mass is 304 g/mol. The zero-order valence-electron chi connectivity index (χ0n) is 13.4. The van der Waals surface area contributed by atoms with E-state index in [1.54, 1.807) is 39.5 Å². The Balaban J connectivity index is 2.79. The van der Waals surface area contributed by atoms with Crippen LogP contribution in [0.3, 0.4) is 0 Å². The summed E-state index contributed by atoms with van der Waals surface area (Å²) >= 11 is 0. The second-order valence-corrected chi connectivity index (χ2v) is 4.77. The Morgan fingerprint density at radius 2 is 1.27 bits per heavy atom.